The molecule has 44 heavy (non-hydrogen) atoms. The molecule has 9 nitrogen and oxygen atoms in total. The summed E-state index contributed by atoms with van der Waals surface area (Å²) in [6.45, 7) is 3.88. The largest absolute Gasteiger partial charge is 0.493 e. The number of aromatic nitrogens is 1. The van der Waals surface area contributed by atoms with E-state index in [1.165, 1.54) is 18.8 Å². The lowest BCUT2D eigenvalue weighted by Crippen LogP contribution is -2.41. The number of anilines is 1. The molecular formula is C33H28ClN3O6S. The van der Waals surface area contributed by atoms with Crippen LogP contribution in [0.1, 0.15) is 36.6 Å². The van der Waals surface area contributed by atoms with Gasteiger partial charge >= 0.3 is 5.97 Å². The summed E-state index contributed by atoms with van der Waals surface area (Å²) < 4.78 is 18.1. The monoisotopic (exact) mass is 629 g/mol. The van der Waals surface area contributed by atoms with Gasteiger partial charge < -0.3 is 19.1 Å². The first kappa shape index (κ1) is 29.4. The molecule has 1 aromatic heterocycles. The standard InChI is InChI=1S/C33H28ClN3O6S/c1-5-43-32(40)26-18(2)35-33-37(28(26)20-12-15-24(41-3)25(16-20)42-4)31(39)29(44-33)27-22-8-6-7-9-23(22)36(30(27)38)17-19-10-13-21(34)14-11-19/h6-16,28H,5,17H2,1-4H3/b29-27+/t28-/m1/s1. The number of para-hydroxylation sites is 1. The average molecular weight is 630 g/mol. The van der Waals surface area contributed by atoms with Crippen LogP contribution in [0.2, 0.25) is 5.02 Å². The molecule has 3 aromatic carbocycles. The van der Waals surface area contributed by atoms with E-state index in [0.717, 1.165) is 16.9 Å². The van der Waals surface area contributed by atoms with Gasteiger partial charge in [0.2, 0.25) is 0 Å². The number of hydrogen-bond donors (Lipinski definition) is 0. The van der Waals surface area contributed by atoms with Crippen molar-refractivity contribution in [1.29, 1.82) is 0 Å². The van der Waals surface area contributed by atoms with Gasteiger partial charge in [-0.25, -0.2) is 9.79 Å². The van der Waals surface area contributed by atoms with Crippen molar-refractivity contribution in [2.75, 3.05) is 25.7 Å². The van der Waals surface area contributed by atoms with Crippen molar-refractivity contribution in [3.8, 4) is 11.5 Å². The molecule has 224 valence electrons. The number of methoxy groups -OCH3 is 2. The zero-order valence-electron chi connectivity index (χ0n) is 24.4. The van der Waals surface area contributed by atoms with Crippen LogP contribution in [-0.4, -0.2) is 37.3 Å². The van der Waals surface area contributed by atoms with E-state index in [1.54, 1.807) is 49.1 Å². The molecule has 0 saturated carbocycles. The van der Waals surface area contributed by atoms with Crippen LogP contribution in [0.4, 0.5) is 5.69 Å². The van der Waals surface area contributed by atoms with Crippen LogP contribution in [0, 0.1) is 0 Å². The second kappa shape index (κ2) is 11.8. The number of ether oxygens (including phenoxy) is 3. The van der Waals surface area contributed by atoms with Gasteiger partial charge in [-0.15, -0.1) is 0 Å². The third-order valence-corrected chi connectivity index (χ3v) is 8.93. The number of hydrogen-bond acceptors (Lipinski definition) is 8. The van der Waals surface area contributed by atoms with Gasteiger partial charge in [-0.3, -0.25) is 14.2 Å². The first-order chi connectivity index (χ1) is 21.3. The summed E-state index contributed by atoms with van der Waals surface area (Å²) in [4.78, 5) is 48.5. The summed E-state index contributed by atoms with van der Waals surface area (Å²) in [6, 6.07) is 19.0. The molecule has 2 aliphatic heterocycles. The summed E-state index contributed by atoms with van der Waals surface area (Å²) in [5.41, 5.74) is 3.35. The average Bonchev–Trinajstić information content (AvgIpc) is 3.49. The van der Waals surface area contributed by atoms with Crippen LogP contribution >= 0.6 is 22.9 Å². The van der Waals surface area contributed by atoms with Gasteiger partial charge in [0.05, 0.1) is 55.9 Å². The van der Waals surface area contributed by atoms with Crippen molar-refractivity contribution in [2.24, 2.45) is 4.99 Å². The highest BCUT2D eigenvalue weighted by Gasteiger charge is 2.37. The molecule has 0 spiro atoms. The lowest BCUT2D eigenvalue weighted by atomic mass is 9.95. The Kier molecular flexibility index (Phi) is 7.87. The minimum atomic E-state index is -0.878. The molecule has 0 saturated heterocycles. The van der Waals surface area contributed by atoms with Crippen LogP contribution in [-0.2, 0) is 20.9 Å². The molecule has 0 bridgehead atoms. The summed E-state index contributed by atoms with van der Waals surface area (Å²) >= 11 is 7.20. The van der Waals surface area contributed by atoms with Crippen molar-refractivity contribution in [2.45, 2.75) is 26.4 Å². The fraction of sp³-hybridized carbons (Fsp3) is 0.212. The van der Waals surface area contributed by atoms with Gasteiger partial charge in [-0.2, -0.15) is 0 Å². The van der Waals surface area contributed by atoms with Gasteiger partial charge in [0.25, 0.3) is 11.5 Å². The molecule has 0 aliphatic carbocycles. The molecular weight excluding hydrogens is 602 g/mol. The topological polar surface area (TPSA) is 99.4 Å². The normalized spacial score (nSPS) is 16.8. The maximum absolute atomic E-state index is 14.4. The molecule has 0 fully saturated rings. The number of carbonyl (C=O) groups is 2. The Hall–Kier alpha value is -4.67. The molecule has 0 unspecified atom stereocenters. The summed E-state index contributed by atoms with van der Waals surface area (Å²) in [5, 5.41) is 0.602. The first-order valence-corrected chi connectivity index (χ1v) is 15.1. The minimum absolute atomic E-state index is 0.150. The van der Waals surface area contributed by atoms with Crippen LogP contribution in [0.5, 0.6) is 11.5 Å². The van der Waals surface area contributed by atoms with Gasteiger partial charge in [0.1, 0.15) is 4.53 Å². The Morgan fingerprint density at radius 1 is 1.00 bits per heavy atom. The van der Waals surface area contributed by atoms with Crippen LogP contribution in [0.15, 0.2) is 87.8 Å². The van der Waals surface area contributed by atoms with Crippen molar-refractivity contribution in [3.05, 3.63) is 119 Å². The third-order valence-electron chi connectivity index (χ3n) is 7.62. The molecule has 11 heteroatoms. The maximum atomic E-state index is 14.4. The zero-order valence-corrected chi connectivity index (χ0v) is 26.0. The molecule has 4 aromatic rings. The SMILES string of the molecule is CCOC(=O)C1=C(C)N=c2s/c(=C3/C(=O)N(Cc4ccc(Cl)cc4)c4ccccc43)c(=O)n2[C@@H]1c1ccc(OC)c(OC)c1. The lowest BCUT2D eigenvalue weighted by molar-refractivity contribution is -0.139. The van der Waals surface area contributed by atoms with E-state index in [2.05, 4.69) is 4.99 Å². The maximum Gasteiger partial charge on any atom is 0.338 e. The number of benzene rings is 3. The number of allylic oxidation sites excluding steroid dienone is 1. The molecule has 1 atom stereocenters. The van der Waals surface area contributed by atoms with E-state index >= 15 is 0 Å². The number of nitrogens with zero attached hydrogens (tertiary/aromatic N) is 3. The van der Waals surface area contributed by atoms with Crippen molar-refractivity contribution >= 4 is 46.1 Å². The van der Waals surface area contributed by atoms with E-state index in [0.29, 0.717) is 56.0 Å². The highest BCUT2D eigenvalue weighted by molar-refractivity contribution is 7.07. The first-order valence-electron chi connectivity index (χ1n) is 13.9. The lowest BCUT2D eigenvalue weighted by Gasteiger charge is -2.25. The predicted octanol–water partition coefficient (Wildman–Crippen LogP) is 4.39. The van der Waals surface area contributed by atoms with Gasteiger partial charge in [-0.05, 0) is 55.3 Å². The highest BCUT2D eigenvalue weighted by Crippen LogP contribution is 2.38. The van der Waals surface area contributed by atoms with E-state index < -0.39 is 17.6 Å². The van der Waals surface area contributed by atoms with E-state index in [1.807, 2.05) is 36.4 Å². The number of carbonyl (C=O) groups excluding carboxylic acids is 2. The van der Waals surface area contributed by atoms with E-state index in [9.17, 15) is 14.4 Å². The number of halogens is 1. The quantitative estimate of drug-likeness (QED) is 0.281. The van der Waals surface area contributed by atoms with Crippen LogP contribution in [0.25, 0.3) is 5.57 Å². The molecule has 3 heterocycles. The van der Waals surface area contributed by atoms with Gasteiger partial charge in [0.15, 0.2) is 16.3 Å². The highest BCUT2D eigenvalue weighted by atomic mass is 35.5. The molecule has 0 radical (unpaired) electrons. The zero-order chi connectivity index (χ0) is 31.1. The Labute approximate surface area is 261 Å². The Balaban J connectivity index is 1.57. The fourth-order valence-electron chi connectivity index (χ4n) is 5.61. The minimum Gasteiger partial charge on any atom is -0.493 e. The number of rotatable bonds is 7. The van der Waals surface area contributed by atoms with Crippen molar-refractivity contribution < 1.29 is 23.8 Å². The predicted molar refractivity (Wildman–Crippen MR) is 168 cm³/mol. The molecule has 6 rings (SSSR count). The summed E-state index contributed by atoms with van der Waals surface area (Å²) in [7, 11) is 3.05. The second-order valence-corrected chi connectivity index (χ2v) is 11.6. The second-order valence-electron chi connectivity index (χ2n) is 10.1. The van der Waals surface area contributed by atoms with Crippen molar-refractivity contribution in [3.63, 3.8) is 0 Å². The number of amides is 1. The third kappa shape index (κ3) is 4.89. The number of thiazole rings is 1. The molecule has 2 aliphatic rings. The summed E-state index contributed by atoms with van der Waals surface area (Å²) in [5.74, 6) is 0.0575. The smallest absolute Gasteiger partial charge is 0.338 e. The summed E-state index contributed by atoms with van der Waals surface area (Å²) in [6.07, 6.45) is 0. The molecule has 0 N–H and O–H groups in total. The van der Waals surface area contributed by atoms with Gasteiger partial charge in [0, 0.05) is 10.6 Å². The van der Waals surface area contributed by atoms with E-state index in [-0.39, 0.29) is 22.6 Å². The Morgan fingerprint density at radius 3 is 2.43 bits per heavy atom. The van der Waals surface area contributed by atoms with Crippen molar-refractivity contribution in [1.82, 2.24) is 4.57 Å². The Morgan fingerprint density at radius 2 is 1.73 bits per heavy atom. The number of fused-ring (bicyclic) bond motifs is 2. The molecule has 1 amide bonds. The fourth-order valence-corrected chi connectivity index (χ4v) is 6.87. The van der Waals surface area contributed by atoms with E-state index in [4.69, 9.17) is 25.8 Å². The Bertz CT molecular complexity index is 2030. The van der Waals surface area contributed by atoms with Crippen LogP contribution < -0.4 is 29.3 Å². The van der Waals surface area contributed by atoms with Gasteiger partial charge in [-0.1, -0.05) is 59.3 Å². The van der Waals surface area contributed by atoms with Crippen LogP contribution in [0.3, 0.4) is 0 Å². The number of esters is 1.